The summed E-state index contributed by atoms with van der Waals surface area (Å²) in [6, 6.07) is 0. The molecule has 0 radical (unpaired) electrons. The van der Waals surface area contributed by atoms with Crippen LogP contribution in [0, 0.1) is 0 Å². The molecule has 0 fully saturated rings. The number of unbranched alkanes of at least 4 members (excludes halogenated alkanes) is 3. The topological polar surface area (TPSA) is 24.9 Å². The highest BCUT2D eigenvalue weighted by Crippen LogP contribution is 2.18. The lowest BCUT2D eigenvalue weighted by Crippen LogP contribution is -2.00. The van der Waals surface area contributed by atoms with Crippen LogP contribution in [0.15, 0.2) is 5.38 Å². The molecule has 0 atom stereocenters. The predicted molar refractivity (Wildman–Crippen MR) is 59.8 cm³/mol. The molecule has 0 unspecified atom stereocenters. The highest BCUT2D eigenvalue weighted by molar-refractivity contribution is 7.14. The zero-order valence-electron chi connectivity index (χ0n) is 7.85. The second-order valence-corrected chi connectivity index (χ2v) is 4.21. The lowest BCUT2D eigenvalue weighted by atomic mass is 10.2. The standard InChI is InChI=1S/C9H15ClN2S/c1-2-3-4-5-6-11-9-12-8(10)7-13-9/h7H,2-6H2,1H3,(H,11,12). The molecule has 0 aromatic carbocycles. The molecule has 0 aliphatic carbocycles. The molecule has 1 aromatic rings. The SMILES string of the molecule is CCCCCCNc1nc(Cl)cs1. The third-order valence-corrected chi connectivity index (χ3v) is 2.91. The molecule has 1 aromatic heterocycles. The summed E-state index contributed by atoms with van der Waals surface area (Å²) >= 11 is 7.24. The van der Waals surface area contributed by atoms with Crippen LogP contribution in [-0.4, -0.2) is 11.5 Å². The summed E-state index contributed by atoms with van der Waals surface area (Å²) < 4.78 is 0. The Labute approximate surface area is 88.3 Å². The van der Waals surface area contributed by atoms with Crippen LogP contribution < -0.4 is 5.32 Å². The first-order chi connectivity index (χ1) is 6.33. The van der Waals surface area contributed by atoms with E-state index in [1.54, 1.807) is 11.3 Å². The lowest BCUT2D eigenvalue weighted by Gasteiger charge is -2.00. The average molecular weight is 219 g/mol. The number of rotatable bonds is 6. The van der Waals surface area contributed by atoms with Crippen LogP contribution in [0.25, 0.3) is 0 Å². The fourth-order valence-corrected chi connectivity index (χ4v) is 1.95. The zero-order valence-corrected chi connectivity index (χ0v) is 9.42. The minimum Gasteiger partial charge on any atom is -0.361 e. The van der Waals surface area contributed by atoms with Gasteiger partial charge in [-0.15, -0.1) is 11.3 Å². The van der Waals surface area contributed by atoms with E-state index in [4.69, 9.17) is 11.6 Å². The van der Waals surface area contributed by atoms with E-state index in [2.05, 4.69) is 17.2 Å². The molecular formula is C9H15ClN2S. The van der Waals surface area contributed by atoms with Crippen molar-refractivity contribution in [1.82, 2.24) is 4.98 Å². The molecule has 13 heavy (non-hydrogen) atoms. The second kappa shape index (κ2) is 6.22. The summed E-state index contributed by atoms with van der Waals surface area (Å²) in [6.45, 7) is 3.22. The number of halogens is 1. The van der Waals surface area contributed by atoms with Crippen molar-refractivity contribution in [2.45, 2.75) is 32.6 Å². The first-order valence-corrected chi connectivity index (χ1v) is 5.93. The third kappa shape index (κ3) is 4.48. The summed E-state index contributed by atoms with van der Waals surface area (Å²) in [4.78, 5) is 4.10. The number of nitrogens with zero attached hydrogens (tertiary/aromatic N) is 1. The largest absolute Gasteiger partial charge is 0.361 e. The molecule has 1 rings (SSSR count). The van der Waals surface area contributed by atoms with Gasteiger partial charge >= 0.3 is 0 Å². The minimum atomic E-state index is 0.584. The van der Waals surface area contributed by atoms with Gasteiger partial charge in [0, 0.05) is 11.9 Å². The Hall–Kier alpha value is -0.280. The third-order valence-electron chi connectivity index (χ3n) is 1.78. The maximum Gasteiger partial charge on any atom is 0.184 e. The van der Waals surface area contributed by atoms with E-state index in [0.29, 0.717) is 5.15 Å². The quantitative estimate of drug-likeness (QED) is 0.735. The van der Waals surface area contributed by atoms with Gasteiger partial charge < -0.3 is 5.32 Å². The number of anilines is 1. The minimum absolute atomic E-state index is 0.584. The molecule has 0 saturated heterocycles. The smallest absolute Gasteiger partial charge is 0.184 e. The van der Waals surface area contributed by atoms with Gasteiger partial charge in [-0.05, 0) is 6.42 Å². The van der Waals surface area contributed by atoms with Crippen LogP contribution in [0.1, 0.15) is 32.6 Å². The van der Waals surface area contributed by atoms with Crippen molar-refractivity contribution in [3.8, 4) is 0 Å². The van der Waals surface area contributed by atoms with Gasteiger partial charge in [0.05, 0.1) is 0 Å². The number of thiazole rings is 1. The van der Waals surface area contributed by atoms with Crippen molar-refractivity contribution < 1.29 is 0 Å². The molecule has 2 nitrogen and oxygen atoms in total. The van der Waals surface area contributed by atoms with Crippen LogP contribution in [0.3, 0.4) is 0 Å². The maximum atomic E-state index is 5.68. The van der Waals surface area contributed by atoms with Gasteiger partial charge in [-0.3, -0.25) is 0 Å². The van der Waals surface area contributed by atoms with Crippen molar-refractivity contribution in [3.63, 3.8) is 0 Å². The molecule has 1 heterocycles. The molecule has 74 valence electrons. The normalized spacial score (nSPS) is 10.3. The first kappa shape index (κ1) is 10.8. The van der Waals surface area contributed by atoms with Crippen molar-refractivity contribution in [1.29, 1.82) is 0 Å². The summed E-state index contributed by atoms with van der Waals surface area (Å²) in [5.74, 6) is 0. The second-order valence-electron chi connectivity index (χ2n) is 2.96. The summed E-state index contributed by atoms with van der Waals surface area (Å²) in [5.41, 5.74) is 0. The molecule has 0 aliphatic heterocycles. The van der Waals surface area contributed by atoms with E-state index in [9.17, 15) is 0 Å². The van der Waals surface area contributed by atoms with Gasteiger partial charge in [0.15, 0.2) is 5.13 Å². The molecular weight excluding hydrogens is 204 g/mol. The van der Waals surface area contributed by atoms with E-state index in [0.717, 1.165) is 11.7 Å². The Morgan fingerprint density at radius 2 is 2.31 bits per heavy atom. The lowest BCUT2D eigenvalue weighted by molar-refractivity contribution is 0.685. The summed E-state index contributed by atoms with van der Waals surface area (Å²) in [6.07, 6.45) is 5.11. The van der Waals surface area contributed by atoms with Gasteiger partial charge in [-0.25, -0.2) is 4.98 Å². The Kier molecular flexibility index (Phi) is 5.16. The van der Waals surface area contributed by atoms with Crippen molar-refractivity contribution in [3.05, 3.63) is 10.5 Å². The van der Waals surface area contributed by atoms with E-state index in [1.165, 1.54) is 25.7 Å². The van der Waals surface area contributed by atoms with Gasteiger partial charge in [0.1, 0.15) is 5.15 Å². The van der Waals surface area contributed by atoms with Crippen LogP contribution in [0.2, 0.25) is 5.15 Å². The van der Waals surface area contributed by atoms with Crippen molar-refractivity contribution in [2.24, 2.45) is 0 Å². The van der Waals surface area contributed by atoms with E-state index < -0.39 is 0 Å². The van der Waals surface area contributed by atoms with Crippen LogP contribution >= 0.6 is 22.9 Å². The van der Waals surface area contributed by atoms with Crippen LogP contribution in [-0.2, 0) is 0 Å². The highest BCUT2D eigenvalue weighted by atomic mass is 35.5. The molecule has 0 saturated carbocycles. The number of nitrogens with one attached hydrogen (secondary N) is 1. The zero-order chi connectivity index (χ0) is 9.52. The Morgan fingerprint density at radius 1 is 1.46 bits per heavy atom. The van der Waals surface area contributed by atoms with Crippen molar-refractivity contribution in [2.75, 3.05) is 11.9 Å². The van der Waals surface area contributed by atoms with Gasteiger partial charge in [0.25, 0.3) is 0 Å². The monoisotopic (exact) mass is 218 g/mol. The fourth-order valence-electron chi connectivity index (χ4n) is 1.08. The van der Waals surface area contributed by atoms with E-state index >= 15 is 0 Å². The molecule has 1 N–H and O–H groups in total. The Morgan fingerprint density at radius 3 is 2.92 bits per heavy atom. The van der Waals surface area contributed by atoms with Crippen molar-refractivity contribution >= 4 is 28.1 Å². The number of hydrogen-bond donors (Lipinski definition) is 1. The molecule has 0 spiro atoms. The maximum absolute atomic E-state index is 5.68. The van der Waals surface area contributed by atoms with Crippen LogP contribution in [0.4, 0.5) is 5.13 Å². The van der Waals surface area contributed by atoms with Crippen LogP contribution in [0.5, 0.6) is 0 Å². The molecule has 0 amide bonds. The fraction of sp³-hybridized carbons (Fsp3) is 0.667. The predicted octanol–water partition coefficient (Wildman–Crippen LogP) is 3.79. The average Bonchev–Trinajstić information content (AvgIpc) is 2.51. The molecule has 4 heteroatoms. The van der Waals surface area contributed by atoms with E-state index in [1.807, 2.05) is 5.38 Å². The first-order valence-electron chi connectivity index (χ1n) is 4.68. The van der Waals surface area contributed by atoms with E-state index in [-0.39, 0.29) is 0 Å². The number of hydrogen-bond acceptors (Lipinski definition) is 3. The van der Waals surface area contributed by atoms with Gasteiger partial charge in [0.2, 0.25) is 0 Å². The summed E-state index contributed by atoms with van der Waals surface area (Å²) in [7, 11) is 0. The van der Waals surface area contributed by atoms with Gasteiger partial charge in [-0.2, -0.15) is 0 Å². The van der Waals surface area contributed by atoms with Gasteiger partial charge in [-0.1, -0.05) is 37.8 Å². The Balaban J connectivity index is 2.06. The summed E-state index contributed by atoms with van der Waals surface area (Å²) in [5, 5.41) is 6.61. The molecule has 0 bridgehead atoms. The Bertz CT molecular complexity index is 237. The molecule has 0 aliphatic rings. The number of aromatic nitrogens is 1. The highest BCUT2D eigenvalue weighted by Gasteiger charge is 1.97.